The van der Waals surface area contributed by atoms with Crippen molar-refractivity contribution in [1.82, 2.24) is 10.3 Å². The van der Waals surface area contributed by atoms with E-state index in [9.17, 15) is 4.79 Å². The molecule has 0 spiro atoms. The van der Waals surface area contributed by atoms with Crippen molar-refractivity contribution < 1.29 is 4.79 Å². The lowest BCUT2D eigenvalue weighted by atomic mass is 10.2. The van der Waals surface area contributed by atoms with Crippen LogP contribution in [-0.2, 0) is 0 Å². The summed E-state index contributed by atoms with van der Waals surface area (Å²) >= 11 is 0. The predicted molar refractivity (Wildman–Crippen MR) is 59.4 cm³/mol. The van der Waals surface area contributed by atoms with Crippen molar-refractivity contribution >= 4 is 5.91 Å². The molecule has 1 aromatic rings. The maximum atomic E-state index is 11.6. The van der Waals surface area contributed by atoms with Gasteiger partial charge in [0.05, 0.1) is 5.56 Å². The van der Waals surface area contributed by atoms with Crippen LogP contribution in [0.1, 0.15) is 29.4 Å². The third kappa shape index (κ3) is 3.43. The topological polar surface area (TPSA) is 42.0 Å². The first-order chi connectivity index (χ1) is 7.25. The first-order valence-corrected chi connectivity index (χ1v) is 4.85. The Morgan fingerprint density at radius 3 is 3.07 bits per heavy atom. The molecule has 0 saturated heterocycles. The van der Waals surface area contributed by atoms with Crippen molar-refractivity contribution in [1.29, 1.82) is 0 Å². The number of nitrogens with zero attached hydrogens (tertiary/aromatic N) is 1. The van der Waals surface area contributed by atoms with Crippen molar-refractivity contribution in [2.75, 3.05) is 6.54 Å². The summed E-state index contributed by atoms with van der Waals surface area (Å²) in [5.41, 5.74) is 1.37. The molecule has 1 aromatic heterocycles. The number of nitrogens with one attached hydrogen (secondary N) is 1. The van der Waals surface area contributed by atoms with E-state index in [0.29, 0.717) is 18.5 Å². The van der Waals surface area contributed by atoms with E-state index >= 15 is 0 Å². The lowest BCUT2D eigenvalue weighted by molar-refractivity contribution is 0.0953. The molecular weight excluding hydrogens is 188 g/mol. The van der Waals surface area contributed by atoms with Crippen LogP contribution in [0.4, 0.5) is 0 Å². The maximum absolute atomic E-state index is 11.6. The number of aromatic nitrogens is 1. The lowest BCUT2D eigenvalue weighted by Gasteiger charge is -2.04. The molecule has 0 aliphatic heterocycles. The molecule has 0 unspecified atom stereocenters. The fourth-order valence-electron chi connectivity index (χ4n) is 1.18. The number of rotatable bonds is 3. The third-order valence-corrected chi connectivity index (χ3v) is 1.96. The largest absolute Gasteiger partial charge is 0.351 e. The minimum Gasteiger partial charge on any atom is -0.351 e. The summed E-state index contributed by atoms with van der Waals surface area (Å²) in [6.45, 7) is 4.18. The molecule has 78 valence electrons. The summed E-state index contributed by atoms with van der Waals surface area (Å²) < 4.78 is 0. The maximum Gasteiger partial charge on any atom is 0.253 e. The van der Waals surface area contributed by atoms with Crippen LogP contribution in [0.15, 0.2) is 18.3 Å². The van der Waals surface area contributed by atoms with Gasteiger partial charge in [-0.15, -0.1) is 11.8 Å². The Balaban J connectivity index is 2.53. The monoisotopic (exact) mass is 202 g/mol. The zero-order valence-corrected chi connectivity index (χ0v) is 9.00. The highest BCUT2D eigenvalue weighted by Crippen LogP contribution is 2.02. The standard InChI is InChI=1S/C12H14N2O/c1-3-4-5-8-14-12(15)11-7-6-9-13-10(11)2/h6-7,9H,5,8H2,1-2H3,(H,14,15). The first kappa shape index (κ1) is 11.3. The minimum absolute atomic E-state index is 0.0847. The average molecular weight is 202 g/mol. The van der Waals surface area contributed by atoms with Gasteiger partial charge in [0.15, 0.2) is 0 Å². The highest BCUT2D eigenvalue weighted by atomic mass is 16.1. The summed E-state index contributed by atoms with van der Waals surface area (Å²) in [5, 5.41) is 2.79. The number of hydrogen-bond donors (Lipinski definition) is 1. The molecule has 0 fully saturated rings. The molecule has 0 radical (unpaired) electrons. The van der Waals surface area contributed by atoms with Gasteiger partial charge in [-0.3, -0.25) is 9.78 Å². The second-order valence-corrected chi connectivity index (χ2v) is 3.07. The zero-order chi connectivity index (χ0) is 11.1. The third-order valence-electron chi connectivity index (χ3n) is 1.96. The second-order valence-electron chi connectivity index (χ2n) is 3.07. The van der Waals surface area contributed by atoms with Gasteiger partial charge in [0, 0.05) is 24.9 Å². The van der Waals surface area contributed by atoms with Gasteiger partial charge < -0.3 is 5.32 Å². The Kier molecular flexibility index (Phi) is 4.36. The number of hydrogen-bond acceptors (Lipinski definition) is 2. The molecule has 0 bridgehead atoms. The van der Waals surface area contributed by atoms with Gasteiger partial charge in [0.1, 0.15) is 0 Å². The second kappa shape index (κ2) is 5.82. The smallest absolute Gasteiger partial charge is 0.253 e. The van der Waals surface area contributed by atoms with E-state index in [4.69, 9.17) is 0 Å². The van der Waals surface area contributed by atoms with Crippen LogP contribution in [-0.4, -0.2) is 17.4 Å². The lowest BCUT2D eigenvalue weighted by Crippen LogP contribution is -2.25. The van der Waals surface area contributed by atoms with E-state index in [1.165, 1.54) is 0 Å². The summed E-state index contributed by atoms with van der Waals surface area (Å²) in [4.78, 5) is 15.7. The van der Waals surface area contributed by atoms with Crippen LogP contribution in [0.25, 0.3) is 0 Å². The molecular formula is C12H14N2O. The van der Waals surface area contributed by atoms with Gasteiger partial charge in [0.2, 0.25) is 0 Å². The molecule has 1 N–H and O–H groups in total. The quantitative estimate of drug-likeness (QED) is 0.596. The highest BCUT2D eigenvalue weighted by Gasteiger charge is 2.07. The molecule has 15 heavy (non-hydrogen) atoms. The molecule has 0 atom stereocenters. The molecule has 0 aromatic carbocycles. The van der Waals surface area contributed by atoms with Crippen molar-refractivity contribution in [3.05, 3.63) is 29.6 Å². The first-order valence-electron chi connectivity index (χ1n) is 4.85. The number of carbonyl (C=O) groups is 1. The molecule has 3 heteroatoms. The van der Waals surface area contributed by atoms with E-state index in [0.717, 1.165) is 5.69 Å². The normalized spacial score (nSPS) is 8.93. The van der Waals surface area contributed by atoms with E-state index in [2.05, 4.69) is 22.1 Å². The summed E-state index contributed by atoms with van der Waals surface area (Å²) in [6.07, 6.45) is 2.36. The Morgan fingerprint density at radius 2 is 2.40 bits per heavy atom. The van der Waals surface area contributed by atoms with Crippen LogP contribution < -0.4 is 5.32 Å². The Morgan fingerprint density at radius 1 is 1.60 bits per heavy atom. The van der Waals surface area contributed by atoms with Crippen molar-refractivity contribution in [2.24, 2.45) is 0 Å². The van der Waals surface area contributed by atoms with Gasteiger partial charge in [-0.2, -0.15) is 0 Å². The van der Waals surface area contributed by atoms with Crippen molar-refractivity contribution in [3.8, 4) is 11.8 Å². The molecule has 0 saturated carbocycles. The Labute approximate surface area is 89.9 Å². The van der Waals surface area contributed by atoms with E-state index in [1.807, 2.05) is 6.92 Å². The van der Waals surface area contributed by atoms with Crippen LogP contribution >= 0.6 is 0 Å². The molecule has 0 aliphatic rings. The van der Waals surface area contributed by atoms with Crippen LogP contribution in [0.2, 0.25) is 0 Å². The van der Waals surface area contributed by atoms with E-state index in [-0.39, 0.29) is 5.91 Å². The molecule has 3 nitrogen and oxygen atoms in total. The van der Waals surface area contributed by atoms with Gasteiger partial charge in [-0.05, 0) is 26.0 Å². The summed E-state index contributed by atoms with van der Waals surface area (Å²) in [6, 6.07) is 3.52. The number of aryl methyl sites for hydroxylation is 1. The molecule has 1 rings (SSSR count). The van der Waals surface area contributed by atoms with Crippen LogP contribution in [0, 0.1) is 18.8 Å². The van der Waals surface area contributed by atoms with Gasteiger partial charge in [-0.1, -0.05) is 0 Å². The fourth-order valence-corrected chi connectivity index (χ4v) is 1.18. The van der Waals surface area contributed by atoms with Gasteiger partial charge in [0.25, 0.3) is 5.91 Å². The van der Waals surface area contributed by atoms with Crippen molar-refractivity contribution in [3.63, 3.8) is 0 Å². The predicted octanol–water partition coefficient (Wildman–Crippen LogP) is 1.53. The highest BCUT2D eigenvalue weighted by molar-refractivity contribution is 5.95. The zero-order valence-electron chi connectivity index (χ0n) is 9.00. The number of carbonyl (C=O) groups excluding carboxylic acids is 1. The Bertz CT molecular complexity index is 402. The van der Waals surface area contributed by atoms with E-state index < -0.39 is 0 Å². The van der Waals surface area contributed by atoms with Crippen LogP contribution in [0.5, 0.6) is 0 Å². The molecule has 1 heterocycles. The minimum atomic E-state index is -0.0847. The number of amides is 1. The van der Waals surface area contributed by atoms with Gasteiger partial charge >= 0.3 is 0 Å². The van der Waals surface area contributed by atoms with Gasteiger partial charge in [-0.25, -0.2) is 0 Å². The van der Waals surface area contributed by atoms with Crippen LogP contribution in [0.3, 0.4) is 0 Å². The SMILES string of the molecule is CC#CCCNC(=O)c1cccnc1C. The molecule has 1 amide bonds. The van der Waals surface area contributed by atoms with Crippen molar-refractivity contribution in [2.45, 2.75) is 20.3 Å². The number of pyridine rings is 1. The molecule has 0 aliphatic carbocycles. The fraction of sp³-hybridized carbons (Fsp3) is 0.333. The van der Waals surface area contributed by atoms with E-state index in [1.54, 1.807) is 25.3 Å². The average Bonchev–Trinajstić information content (AvgIpc) is 2.25. The Hall–Kier alpha value is -1.82. The summed E-state index contributed by atoms with van der Waals surface area (Å²) in [7, 11) is 0. The summed E-state index contributed by atoms with van der Waals surface area (Å²) in [5.74, 6) is 5.58.